The third kappa shape index (κ3) is 4.42. The second-order valence-corrected chi connectivity index (χ2v) is 5.63. The Hall–Kier alpha value is -0.0900. The molecule has 0 aliphatic heterocycles. The summed E-state index contributed by atoms with van der Waals surface area (Å²) in [6, 6.07) is 5.88. The molecule has 1 atom stereocenters. The zero-order valence-electron chi connectivity index (χ0n) is 9.59. The molecule has 0 saturated heterocycles. The van der Waals surface area contributed by atoms with Crippen LogP contribution in [0.2, 0.25) is 5.02 Å². The van der Waals surface area contributed by atoms with Gasteiger partial charge in [-0.3, -0.25) is 0 Å². The van der Waals surface area contributed by atoms with Crippen molar-refractivity contribution >= 4 is 27.5 Å². The molecule has 0 spiro atoms. The molecule has 2 nitrogen and oxygen atoms in total. The molecule has 1 rings (SSSR count). The standard InChI is InChI=1S/C12H17BrClNO/c1-12(15,5-6-16-2)8-9-3-4-10(13)7-11(9)14/h3-4,7H,5-6,8,15H2,1-2H3. The average Bonchev–Trinajstić information content (AvgIpc) is 2.19. The van der Waals surface area contributed by atoms with Gasteiger partial charge < -0.3 is 10.5 Å². The maximum atomic E-state index is 6.19. The molecule has 0 fully saturated rings. The molecule has 1 aromatic rings. The van der Waals surface area contributed by atoms with Crippen molar-refractivity contribution in [2.24, 2.45) is 5.73 Å². The number of ether oxygens (including phenoxy) is 1. The number of hydrogen-bond donors (Lipinski definition) is 1. The second-order valence-electron chi connectivity index (χ2n) is 4.31. The largest absolute Gasteiger partial charge is 0.385 e. The summed E-state index contributed by atoms with van der Waals surface area (Å²) in [4.78, 5) is 0. The van der Waals surface area contributed by atoms with Crippen molar-refractivity contribution in [1.82, 2.24) is 0 Å². The Kier molecular flexibility index (Phi) is 5.25. The van der Waals surface area contributed by atoms with E-state index < -0.39 is 0 Å². The fraction of sp³-hybridized carbons (Fsp3) is 0.500. The van der Waals surface area contributed by atoms with Gasteiger partial charge >= 0.3 is 0 Å². The second kappa shape index (κ2) is 6.01. The molecule has 0 aromatic heterocycles. The number of benzene rings is 1. The first-order valence-corrected chi connectivity index (χ1v) is 6.33. The van der Waals surface area contributed by atoms with Gasteiger partial charge in [0.05, 0.1) is 0 Å². The van der Waals surface area contributed by atoms with Gasteiger partial charge in [0.15, 0.2) is 0 Å². The summed E-state index contributed by atoms with van der Waals surface area (Å²) in [6.07, 6.45) is 1.57. The summed E-state index contributed by atoms with van der Waals surface area (Å²) >= 11 is 9.53. The normalized spacial score (nSPS) is 14.8. The maximum Gasteiger partial charge on any atom is 0.0479 e. The summed E-state index contributed by atoms with van der Waals surface area (Å²) in [6.45, 7) is 2.69. The molecule has 90 valence electrons. The van der Waals surface area contributed by atoms with Gasteiger partial charge in [-0.05, 0) is 37.5 Å². The minimum absolute atomic E-state index is 0.284. The quantitative estimate of drug-likeness (QED) is 0.905. The van der Waals surface area contributed by atoms with Gasteiger partial charge in [-0.1, -0.05) is 33.6 Å². The van der Waals surface area contributed by atoms with Crippen LogP contribution in [0.1, 0.15) is 18.9 Å². The highest BCUT2D eigenvalue weighted by molar-refractivity contribution is 9.10. The number of nitrogens with two attached hydrogens (primary N) is 1. The molecular formula is C12H17BrClNO. The van der Waals surface area contributed by atoms with Crippen LogP contribution < -0.4 is 5.73 Å². The van der Waals surface area contributed by atoms with Crippen LogP contribution in [0.5, 0.6) is 0 Å². The summed E-state index contributed by atoms with van der Waals surface area (Å²) in [5.41, 5.74) is 6.98. The van der Waals surface area contributed by atoms with E-state index in [1.807, 2.05) is 25.1 Å². The fourth-order valence-corrected chi connectivity index (χ4v) is 2.26. The minimum atomic E-state index is -0.284. The van der Waals surface area contributed by atoms with Gasteiger partial charge in [0.2, 0.25) is 0 Å². The Labute approximate surface area is 110 Å². The van der Waals surface area contributed by atoms with E-state index in [9.17, 15) is 0 Å². The van der Waals surface area contributed by atoms with Crippen molar-refractivity contribution in [3.05, 3.63) is 33.3 Å². The zero-order chi connectivity index (χ0) is 12.2. The maximum absolute atomic E-state index is 6.19. The van der Waals surface area contributed by atoms with Gasteiger partial charge in [0, 0.05) is 28.8 Å². The lowest BCUT2D eigenvalue weighted by Crippen LogP contribution is -2.39. The van der Waals surface area contributed by atoms with Crippen LogP contribution in [-0.4, -0.2) is 19.3 Å². The first kappa shape index (κ1) is 14.0. The van der Waals surface area contributed by atoms with Crippen molar-refractivity contribution in [3.8, 4) is 0 Å². The average molecular weight is 307 g/mol. The lowest BCUT2D eigenvalue weighted by molar-refractivity contribution is 0.171. The summed E-state index contributed by atoms with van der Waals surface area (Å²) in [5, 5.41) is 0.753. The fourth-order valence-electron chi connectivity index (χ4n) is 1.52. The summed E-state index contributed by atoms with van der Waals surface area (Å²) < 4.78 is 6.03. The predicted molar refractivity (Wildman–Crippen MR) is 71.9 cm³/mol. The lowest BCUT2D eigenvalue weighted by atomic mass is 9.91. The Balaban J connectivity index is 2.71. The Morgan fingerprint density at radius 1 is 1.50 bits per heavy atom. The van der Waals surface area contributed by atoms with Gasteiger partial charge in [0.25, 0.3) is 0 Å². The van der Waals surface area contributed by atoms with E-state index in [2.05, 4.69) is 15.9 Å². The Bertz CT molecular complexity index is 355. The highest BCUT2D eigenvalue weighted by atomic mass is 79.9. The molecule has 16 heavy (non-hydrogen) atoms. The first-order valence-electron chi connectivity index (χ1n) is 5.16. The minimum Gasteiger partial charge on any atom is -0.385 e. The predicted octanol–water partition coefficient (Wildman–Crippen LogP) is 3.40. The third-order valence-electron chi connectivity index (χ3n) is 2.49. The van der Waals surface area contributed by atoms with Gasteiger partial charge in [-0.25, -0.2) is 0 Å². The van der Waals surface area contributed by atoms with Crippen LogP contribution in [0.15, 0.2) is 22.7 Å². The van der Waals surface area contributed by atoms with Crippen molar-refractivity contribution in [2.45, 2.75) is 25.3 Å². The van der Waals surface area contributed by atoms with E-state index in [0.717, 1.165) is 27.9 Å². The van der Waals surface area contributed by atoms with E-state index in [4.69, 9.17) is 22.1 Å². The number of halogens is 2. The number of rotatable bonds is 5. The molecule has 1 unspecified atom stereocenters. The van der Waals surface area contributed by atoms with E-state index in [1.165, 1.54) is 0 Å². The van der Waals surface area contributed by atoms with Crippen LogP contribution in [0, 0.1) is 0 Å². The molecule has 0 amide bonds. The van der Waals surface area contributed by atoms with Crippen molar-refractivity contribution in [3.63, 3.8) is 0 Å². The SMILES string of the molecule is COCCC(C)(N)Cc1ccc(Br)cc1Cl. The Morgan fingerprint density at radius 2 is 2.19 bits per heavy atom. The van der Waals surface area contributed by atoms with Crippen LogP contribution >= 0.6 is 27.5 Å². The van der Waals surface area contributed by atoms with Crippen molar-refractivity contribution in [1.29, 1.82) is 0 Å². The van der Waals surface area contributed by atoms with Gasteiger partial charge in [-0.2, -0.15) is 0 Å². The zero-order valence-corrected chi connectivity index (χ0v) is 11.9. The molecule has 0 aliphatic rings. The highest BCUT2D eigenvalue weighted by Crippen LogP contribution is 2.25. The topological polar surface area (TPSA) is 35.2 Å². The van der Waals surface area contributed by atoms with E-state index in [1.54, 1.807) is 7.11 Å². The van der Waals surface area contributed by atoms with Crippen molar-refractivity contribution in [2.75, 3.05) is 13.7 Å². The monoisotopic (exact) mass is 305 g/mol. The third-order valence-corrected chi connectivity index (χ3v) is 3.33. The lowest BCUT2D eigenvalue weighted by Gasteiger charge is -2.24. The number of methoxy groups -OCH3 is 1. The van der Waals surface area contributed by atoms with Crippen LogP contribution in [-0.2, 0) is 11.2 Å². The molecule has 0 aliphatic carbocycles. The molecule has 0 saturated carbocycles. The molecule has 0 radical (unpaired) electrons. The van der Waals surface area contributed by atoms with Gasteiger partial charge in [0.1, 0.15) is 0 Å². The molecule has 2 N–H and O–H groups in total. The smallest absolute Gasteiger partial charge is 0.0479 e. The van der Waals surface area contributed by atoms with Crippen molar-refractivity contribution < 1.29 is 4.74 Å². The summed E-state index contributed by atoms with van der Waals surface area (Å²) in [5.74, 6) is 0. The molecule has 0 bridgehead atoms. The Morgan fingerprint density at radius 3 is 2.75 bits per heavy atom. The molecular weight excluding hydrogens is 289 g/mol. The number of hydrogen-bond acceptors (Lipinski definition) is 2. The van der Waals surface area contributed by atoms with E-state index >= 15 is 0 Å². The van der Waals surface area contributed by atoms with Gasteiger partial charge in [-0.15, -0.1) is 0 Å². The van der Waals surface area contributed by atoms with E-state index in [0.29, 0.717) is 6.61 Å². The first-order chi connectivity index (χ1) is 7.44. The molecule has 4 heteroatoms. The highest BCUT2D eigenvalue weighted by Gasteiger charge is 2.20. The molecule has 1 aromatic carbocycles. The summed E-state index contributed by atoms with van der Waals surface area (Å²) in [7, 11) is 1.68. The van der Waals surface area contributed by atoms with Crippen LogP contribution in [0.3, 0.4) is 0 Å². The van der Waals surface area contributed by atoms with Crippen LogP contribution in [0.4, 0.5) is 0 Å². The van der Waals surface area contributed by atoms with E-state index in [-0.39, 0.29) is 5.54 Å². The van der Waals surface area contributed by atoms with Crippen LogP contribution in [0.25, 0.3) is 0 Å². The molecule has 0 heterocycles.